The summed E-state index contributed by atoms with van der Waals surface area (Å²) in [5.41, 5.74) is 4.63. The van der Waals surface area contributed by atoms with Gasteiger partial charge in [0.1, 0.15) is 5.82 Å². The van der Waals surface area contributed by atoms with Crippen LogP contribution in [-0.2, 0) is 9.47 Å². The monoisotopic (exact) mass is 464 g/mol. The van der Waals surface area contributed by atoms with Crippen LogP contribution in [0, 0.1) is 23.7 Å². The summed E-state index contributed by atoms with van der Waals surface area (Å²) in [7, 11) is 0. The number of rotatable bonds is 7. The largest absolute Gasteiger partial charge is 0.461 e. The molecule has 3 heterocycles. The maximum atomic E-state index is 12.8. The van der Waals surface area contributed by atoms with Crippen molar-refractivity contribution in [1.82, 2.24) is 4.98 Å². The molecule has 0 bridgehead atoms. The minimum Gasteiger partial charge on any atom is -0.461 e. The molecule has 1 aromatic carbocycles. The van der Waals surface area contributed by atoms with Crippen LogP contribution in [0.4, 0.5) is 17.2 Å². The quantitative estimate of drug-likeness (QED) is 0.425. The first kappa shape index (κ1) is 24.2. The number of benzene rings is 1. The summed E-state index contributed by atoms with van der Waals surface area (Å²) in [4.78, 5) is 19.8. The van der Waals surface area contributed by atoms with Gasteiger partial charge in [0.25, 0.3) is 0 Å². The van der Waals surface area contributed by atoms with Gasteiger partial charge in [0, 0.05) is 37.7 Å². The molecule has 0 saturated carbocycles. The number of esters is 1. The molecule has 2 N–H and O–H groups in total. The first-order valence-corrected chi connectivity index (χ1v) is 12.3. The molecule has 4 rings (SSSR count). The van der Waals surface area contributed by atoms with Crippen LogP contribution in [0.2, 0.25) is 0 Å². The number of aryl methyl sites for hydroxylation is 1. The highest BCUT2D eigenvalue weighted by Crippen LogP contribution is 2.43. The van der Waals surface area contributed by atoms with Crippen molar-refractivity contribution in [1.29, 1.82) is 5.41 Å². The summed E-state index contributed by atoms with van der Waals surface area (Å²) in [6, 6.07) is 9.85. The molecule has 2 aliphatic heterocycles. The summed E-state index contributed by atoms with van der Waals surface area (Å²) < 4.78 is 10.9. The molecule has 182 valence electrons. The lowest BCUT2D eigenvalue weighted by Crippen LogP contribution is -2.34. The van der Waals surface area contributed by atoms with Crippen LogP contribution in [0.5, 0.6) is 0 Å². The molecule has 0 atom stereocenters. The van der Waals surface area contributed by atoms with Crippen molar-refractivity contribution in [3.8, 4) is 0 Å². The number of aromatic nitrogens is 1. The Morgan fingerprint density at radius 2 is 2.03 bits per heavy atom. The van der Waals surface area contributed by atoms with E-state index in [1.165, 1.54) is 0 Å². The zero-order valence-corrected chi connectivity index (χ0v) is 20.7. The minimum atomic E-state index is -0.446. The molecule has 0 radical (unpaired) electrons. The lowest BCUT2D eigenvalue weighted by Gasteiger charge is -2.34. The van der Waals surface area contributed by atoms with E-state index < -0.39 is 5.97 Å². The molecule has 0 amide bonds. The number of carbonyl (C=O) groups is 1. The highest BCUT2D eigenvalue weighted by Gasteiger charge is 2.40. The highest BCUT2D eigenvalue weighted by molar-refractivity contribution is 6.09. The van der Waals surface area contributed by atoms with Gasteiger partial charge >= 0.3 is 5.97 Å². The smallest absolute Gasteiger partial charge is 0.357 e. The highest BCUT2D eigenvalue weighted by atomic mass is 16.5. The number of ether oxygens (including phenoxy) is 2. The molecule has 34 heavy (non-hydrogen) atoms. The normalized spacial score (nSPS) is 17.3. The van der Waals surface area contributed by atoms with Gasteiger partial charge in [0.2, 0.25) is 0 Å². The number of nitrogens with zero attached hydrogens (tertiary/aromatic N) is 2. The Balaban J connectivity index is 1.82. The molecule has 2 saturated heterocycles. The van der Waals surface area contributed by atoms with E-state index in [4.69, 9.17) is 14.9 Å². The first-order chi connectivity index (χ1) is 16.3. The summed E-state index contributed by atoms with van der Waals surface area (Å²) in [6.07, 6.45) is 3.18. The second-order valence-corrected chi connectivity index (χ2v) is 9.82. The van der Waals surface area contributed by atoms with E-state index in [1.807, 2.05) is 51.1 Å². The van der Waals surface area contributed by atoms with E-state index in [2.05, 4.69) is 15.2 Å². The molecular formula is C27H36N4O3. The predicted octanol–water partition coefficient (Wildman–Crippen LogP) is 5.34. The molecule has 0 unspecified atom stereocenters. The van der Waals surface area contributed by atoms with Crippen LogP contribution >= 0.6 is 0 Å². The molecule has 2 fully saturated rings. The van der Waals surface area contributed by atoms with Crippen LogP contribution in [-0.4, -0.2) is 49.6 Å². The second kappa shape index (κ2) is 10.1. The van der Waals surface area contributed by atoms with Crippen molar-refractivity contribution in [3.63, 3.8) is 0 Å². The molecule has 7 heteroatoms. The van der Waals surface area contributed by atoms with Crippen LogP contribution in [0.15, 0.2) is 30.3 Å². The van der Waals surface area contributed by atoms with Crippen molar-refractivity contribution in [2.24, 2.45) is 11.3 Å². The van der Waals surface area contributed by atoms with E-state index in [-0.39, 0.29) is 23.6 Å². The molecular weight excluding hydrogens is 428 g/mol. The molecule has 7 nitrogen and oxygen atoms in total. The van der Waals surface area contributed by atoms with Gasteiger partial charge in [-0.05, 0) is 68.2 Å². The van der Waals surface area contributed by atoms with Crippen molar-refractivity contribution < 1.29 is 14.3 Å². The zero-order chi connectivity index (χ0) is 24.3. The fourth-order valence-corrected chi connectivity index (χ4v) is 4.95. The second-order valence-electron chi connectivity index (χ2n) is 9.82. The van der Waals surface area contributed by atoms with Crippen molar-refractivity contribution in [2.45, 2.75) is 47.0 Å². The maximum Gasteiger partial charge on any atom is 0.357 e. The minimum absolute atomic E-state index is 0.00620. The summed E-state index contributed by atoms with van der Waals surface area (Å²) in [5, 5.41) is 12.4. The lowest BCUT2D eigenvalue weighted by molar-refractivity contribution is 0.0254. The Bertz CT molecular complexity index is 1060. The van der Waals surface area contributed by atoms with Crippen molar-refractivity contribution in [2.75, 3.05) is 43.1 Å². The van der Waals surface area contributed by atoms with Gasteiger partial charge in [-0.1, -0.05) is 26.0 Å². The third-order valence-corrected chi connectivity index (χ3v) is 6.94. The Morgan fingerprint density at radius 3 is 2.71 bits per heavy atom. The van der Waals surface area contributed by atoms with Gasteiger partial charge in [0.15, 0.2) is 5.69 Å². The van der Waals surface area contributed by atoms with Gasteiger partial charge in [-0.2, -0.15) is 0 Å². The fraction of sp³-hybridized carbons (Fsp3) is 0.519. The molecule has 0 aliphatic carbocycles. The number of hydrogen-bond donors (Lipinski definition) is 2. The van der Waals surface area contributed by atoms with Crippen molar-refractivity contribution in [3.05, 3.63) is 47.2 Å². The topological polar surface area (TPSA) is 87.5 Å². The van der Waals surface area contributed by atoms with Gasteiger partial charge in [-0.3, -0.25) is 0 Å². The predicted molar refractivity (Wildman–Crippen MR) is 136 cm³/mol. The number of nitrogens with one attached hydrogen (secondary N) is 2. The Kier molecular flexibility index (Phi) is 7.22. The van der Waals surface area contributed by atoms with E-state index in [1.54, 1.807) is 6.92 Å². The van der Waals surface area contributed by atoms with Gasteiger partial charge in [0.05, 0.1) is 17.9 Å². The SMILES string of the molecule is CCOC(=O)c1cc(N2CCC3(CCOCC3)C2)c(C(=N)C(C)C)c(Nc2cccc(C)c2)n1. The van der Waals surface area contributed by atoms with E-state index in [0.717, 1.165) is 68.1 Å². The molecule has 1 spiro atoms. The summed E-state index contributed by atoms with van der Waals surface area (Å²) >= 11 is 0. The first-order valence-electron chi connectivity index (χ1n) is 12.3. The van der Waals surface area contributed by atoms with Crippen LogP contribution < -0.4 is 10.2 Å². The van der Waals surface area contributed by atoms with Crippen molar-refractivity contribution >= 4 is 28.9 Å². The number of carbonyl (C=O) groups excluding carboxylic acids is 1. The summed E-state index contributed by atoms with van der Waals surface area (Å²) in [6.45, 7) is 11.5. The number of pyridine rings is 1. The molecule has 2 aromatic rings. The number of anilines is 3. The maximum absolute atomic E-state index is 12.8. The molecule has 1 aromatic heterocycles. The Labute approximate surface area is 202 Å². The summed E-state index contributed by atoms with van der Waals surface area (Å²) in [5.74, 6) is 0.0862. The van der Waals surface area contributed by atoms with Crippen LogP contribution in [0.25, 0.3) is 0 Å². The third kappa shape index (κ3) is 5.09. The average molecular weight is 465 g/mol. The van der Waals surface area contributed by atoms with Crippen LogP contribution in [0.3, 0.4) is 0 Å². The lowest BCUT2D eigenvalue weighted by atomic mass is 9.80. The standard InChI is InChI=1S/C27H36N4O3/c1-5-34-26(32)21-16-22(31-12-9-27(17-31)10-13-33-14-11-27)23(24(28)18(2)3)25(30-21)29-20-8-6-7-19(4)15-20/h6-8,15-16,18,28H,5,9-14,17H2,1-4H3,(H,29,30). The average Bonchev–Trinajstić information content (AvgIpc) is 3.21. The van der Waals surface area contributed by atoms with Gasteiger partial charge in [-0.25, -0.2) is 9.78 Å². The zero-order valence-electron chi connectivity index (χ0n) is 20.7. The third-order valence-electron chi connectivity index (χ3n) is 6.94. The van der Waals surface area contributed by atoms with E-state index in [9.17, 15) is 4.79 Å². The Morgan fingerprint density at radius 1 is 1.26 bits per heavy atom. The van der Waals surface area contributed by atoms with E-state index >= 15 is 0 Å². The van der Waals surface area contributed by atoms with Gasteiger partial charge < -0.3 is 25.1 Å². The van der Waals surface area contributed by atoms with Gasteiger partial charge in [-0.15, -0.1) is 0 Å². The fourth-order valence-electron chi connectivity index (χ4n) is 4.95. The van der Waals surface area contributed by atoms with Crippen LogP contribution in [0.1, 0.15) is 61.6 Å². The molecule has 2 aliphatic rings. The Hall–Kier alpha value is -2.93. The van der Waals surface area contributed by atoms with E-state index in [0.29, 0.717) is 11.5 Å². The number of hydrogen-bond acceptors (Lipinski definition) is 7.